The van der Waals surface area contributed by atoms with Crippen LogP contribution in [0.5, 0.6) is 0 Å². The van der Waals surface area contributed by atoms with Crippen molar-refractivity contribution < 1.29 is 9.18 Å². The molecule has 1 atom stereocenters. The number of halogens is 1. The first kappa shape index (κ1) is 12.2. The summed E-state index contributed by atoms with van der Waals surface area (Å²) in [6.45, 7) is 2.78. The Labute approximate surface area is 101 Å². The van der Waals surface area contributed by atoms with Crippen LogP contribution in [0.1, 0.15) is 29.3 Å². The van der Waals surface area contributed by atoms with Crippen molar-refractivity contribution in [3.05, 3.63) is 35.4 Å². The Balaban J connectivity index is 2.21. The summed E-state index contributed by atoms with van der Waals surface area (Å²) in [5.41, 5.74) is 0.303. The lowest BCUT2D eigenvalue weighted by atomic mass is 9.91. The van der Waals surface area contributed by atoms with Gasteiger partial charge in [0.25, 0.3) is 0 Å². The van der Waals surface area contributed by atoms with Gasteiger partial charge in [0.1, 0.15) is 5.67 Å². The number of alkyl halides is 1. The maximum atomic E-state index is 14.5. The van der Waals surface area contributed by atoms with Gasteiger partial charge in [-0.15, -0.1) is 0 Å². The zero-order valence-corrected chi connectivity index (χ0v) is 10.4. The zero-order valence-electron chi connectivity index (χ0n) is 10.4. The standard InChI is InChI=1S/C14H18FNO/c1-11(17)13-6-4-3-5-12(13)9-14(15)7-8-16(2)10-14/h3-6H,7-10H2,1-2H3. The second kappa shape index (κ2) is 4.57. The predicted octanol–water partition coefficient (Wildman–Crippen LogP) is 2.48. The van der Waals surface area contributed by atoms with Crippen LogP contribution in [0.2, 0.25) is 0 Å². The van der Waals surface area contributed by atoms with Crippen LogP contribution >= 0.6 is 0 Å². The molecule has 1 aliphatic heterocycles. The van der Waals surface area contributed by atoms with E-state index in [1.807, 2.05) is 30.1 Å². The molecule has 0 radical (unpaired) electrons. The Hall–Kier alpha value is -1.22. The number of carbonyl (C=O) groups excluding carboxylic acids is 1. The van der Waals surface area contributed by atoms with E-state index in [0.717, 1.165) is 12.1 Å². The molecule has 0 amide bonds. The average molecular weight is 235 g/mol. The molecule has 1 fully saturated rings. The van der Waals surface area contributed by atoms with E-state index < -0.39 is 5.67 Å². The molecule has 0 saturated carbocycles. The van der Waals surface area contributed by atoms with E-state index in [4.69, 9.17) is 0 Å². The summed E-state index contributed by atoms with van der Waals surface area (Å²) in [6.07, 6.45) is 0.892. The molecule has 1 aliphatic rings. The van der Waals surface area contributed by atoms with E-state index in [-0.39, 0.29) is 5.78 Å². The van der Waals surface area contributed by atoms with Crippen molar-refractivity contribution in [1.82, 2.24) is 4.90 Å². The van der Waals surface area contributed by atoms with E-state index in [1.165, 1.54) is 6.92 Å². The highest BCUT2D eigenvalue weighted by molar-refractivity contribution is 5.95. The number of ketones is 1. The molecule has 1 aromatic rings. The number of hydrogen-bond acceptors (Lipinski definition) is 2. The minimum Gasteiger partial charge on any atom is -0.303 e. The van der Waals surface area contributed by atoms with Crippen LogP contribution in [0, 0.1) is 0 Å². The molecular formula is C14H18FNO. The number of hydrogen-bond donors (Lipinski definition) is 0. The molecular weight excluding hydrogens is 217 g/mol. The van der Waals surface area contributed by atoms with Crippen LogP contribution in [0.15, 0.2) is 24.3 Å². The second-order valence-corrected chi connectivity index (χ2v) is 5.03. The van der Waals surface area contributed by atoms with Gasteiger partial charge in [-0.2, -0.15) is 0 Å². The van der Waals surface area contributed by atoms with Gasteiger partial charge < -0.3 is 4.90 Å². The van der Waals surface area contributed by atoms with Gasteiger partial charge in [0.2, 0.25) is 0 Å². The zero-order chi connectivity index (χ0) is 12.5. The quantitative estimate of drug-likeness (QED) is 0.750. The highest BCUT2D eigenvalue weighted by atomic mass is 19.1. The lowest BCUT2D eigenvalue weighted by Gasteiger charge is -2.20. The maximum Gasteiger partial charge on any atom is 0.160 e. The third kappa shape index (κ3) is 2.72. The molecule has 92 valence electrons. The van der Waals surface area contributed by atoms with Crippen molar-refractivity contribution in [3.63, 3.8) is 0 Å². The van der Waals surface area contributed by atoms with Crippen molar-refractivity contribution in [3.8, 4) is 0 Å². The van der Waals surface area contributed by atoms with Crippen molar-refractivity contribution in [1.29, 1.82) is 0 Å². The van der Waals surface area contributed by atoms with E-state index in [1.54, 1.807) is 6.07 Å². The first-order valence-corrected chi connectivity index (χ1v) is 5.96. The van der Waals surface area contributed by atoms with Gasteiger partial charge in [0.05, 0.1) is 0 Å². The lowest BCUT2D eigenvalue weighted by molar-refractivity contribution is 0.101. The van der Waals surface area contributed by atoms with Crippen LogP contribution in [0.4, 0.5) is 4.39 Å². The van der Waals surface area contributed by atoms with E-state index >= 15 is 0 Å². The Bertz CT molecular complexity index is 432. The molecule has 0 aliphatic carbocycles. The Kier molecular flexibility index (Phi) is 3.29. The average Bonchev–Trinajstić information content (AvgIpc) is 2.59. The summed E-state index contributed by atoms with van der Waals surface area (Å²) >= 11 is 0. The smallest absolute Gasteiger partial charge is 0.160 e. The Morgan fingerprint density at radius 3 is 2.76 bits per heavy atom. The largest absolute Gasteiger partial charge is 0.303 e. The number of carbonyl (C=O) groups is 1. The fraction of sp³-hybridized carbons (Fsp3) is 0.500. The van der Waals surface area contributed by atoms with Crippen LogP contribution in [0.25, 0.3) is 0 Å². The van der Waals surface area contributed by atoms with Crippen molar-refractivity contribution in [2.24, 2.45) is 0 Å². The molecule has 1 unspecified atom stereocenters. The molecule has 0 spiro atoms. The number of likely N-dealkylation sites (tertiary alicyclic amines) is 1. The fourth-order valence-electron chi connectivity index (χ4n) is 2.54. The summed E-state index contributed by atoms with van der Waals surface area (Å²) < 4.78 is 14.5. The first-order chi connectivity index (χ1) is 8.00. The minimum absolute atomic E-state index is 0.00977. The molecule has 0 aromatic heterocycles. The van der Waals surface area contributed by atoms with Gasteiger partial charge in [0, 0.05) is 25.1 Å². The van der Waals surface area contributed by atoms with Crippen LogP contribution in [0.3, 0.4) is 0 Å². The van der Waals surface area contributed by atoms with Gasteiger partial charge in [0.15, 0.2) is 5.78 Å². The van der Waals surface area contributed by atoms with E-state index in [9.17, 15) is 9.18 Å². The number of rotatable bonds is 3. The van der Waals surface area contributed by atoms with Crippen LogP contribution in [-0.2, 0) is 6.42 Å². The minimum atomic E-state index is -1.18. The van der Waals surface area contributed by atoms with Crippen molar-refractivity contribution >= 4 is 5.78 Å². The second-order valence-electron chi connectivity index (χ2n) is 5.03. The monoisotopic (exact) mass is 235 g/mol. The first-order valence-electron chi connectivity index (χ1n) is 5.96. The summed E-state index contributed by atoms with van der Waals surface area (Å²) in [5.74, 6) is 0.00977. The third-order valence-corrected chi connectivity index (χ3v) is 3.40. The normalized spacial score (nSPS) is 25.1. The molecule has 0 bridgehead atoms. The van der Waals surface area contributed by atoms with Gasteiger partial charge >= 0.3 is 0 Å². The summed E-state index contributed by atoms with van der Waals surface area (Å²) in [4.78, 5) is 13.5. The Morgan fingerprint density at radius 1 is 1.47 bits per heavy atom. The number of benzene rings is 1. The third-order valence-electron chi connectivity index (χ3n) is 3.40. The van der Waals surface area contributed by atoms with E-state index in [0.29, 0.717) is 24.9 Å². The maximum absolute atomic E-state index is 14.5. The summed E-state index contributed by atoms with van der Waals surface area (Å²) in [5, 5.41) is 0. The fourth-order valence-corrected chi connectivity index (χ4v) is 2.54. The highest BCUT2D eigenvalue weighted by Gasteiger charge is 2.37. The molecule has 1 aromatic carbocycles. The molecule has 1 heterocycles. The predicted molar refractivity (Wildman–Crippen MR) is 66.1 cm³/mol. The van der Waals surface area contributed by atoms with E-state index in [2.05, 4.69) is 0 Å². The summed E-state index contributed by atoms with van der Waals surface area (Å²) in [6, 6.07) is 7.33. The van der Waals surface area contributed by atoms with Gasteiger partial charge in [-0.05, 0) is 26.0 Å². The van der Waals surface area contributed by atoms with Crippen LogP contribution in [-0.4, -0.2) is 36.5 Å². The SMILES string of the molecule is CC(=O)c1ccccc1CC1(F)CCN(C)C1. The van der Waals surface area contributed by atoms with Crippen LogP contribution < -0.4 is 0 Å². The van der Waals surface area contributed by atoms with Gasteiger partial charge in [-0.25, -0.2) is 4.39 Å². The van der Waals surface area contributed by atoms with Crippen molar-refractivity contribution in [2.45, 2.75) is 25.4 Å². The van der Waals surface area contributed by atoms with Gasteiger partial charge in [-0.3, -0.25) is 4.79 Å². The molecule has 1 saturated heterocycles. The topological polar surface area (TPSA) is 20.3 Å². The highest BCUT2D eigenvalue weighted by Crippen LogP contribution is 2.29. The molecule has 0 N–H and O–H groups in total. The van der Waals surface area contributed by atoms with Crippen molar-refractivity contribution in [2.75, 3.05) is 20.1 Å². The number of nitrogens with zero attached hydrogens (tertiary/aromatic N) is 1. The Morgan fingerprint density at radius 2 is 2.18 bits per heavy atom. The lowest BCUT2D eigenvalue weighted by Crippen LogP contribution is -2.30. The van der Waals surface area contributed by atoms with Gasteiger partial charge in [-0.1, -0.05) is 24.3 Å². The molecule has 2 rings (SSSR count). The summed E-state index contributed by atoms with van der Waals surface area (Å²) in [7, 11) is 1.93. The molecule has 3 heteroatoms. The molecule has 2 nitrogen and oxygen atoms in total. The molecule has 17 heavy (non-hydrogen) atoms. The number of Topliss-reactive ketones (excluding diaryl/α,β-unsaturated/α-hetero) is 1.